The van der Waals surface area contributed by atoms with Gasteiger partial charge in [-0.1, -0.05) is 42.5 Å². The van der Waals surface area contributed by atoms with E-state index in [2.05, 4.69) is 10.3 Å². The Morgan fingerprint density at radius 2 is 1.79 bits per heavy atom. The lowest BCUT2D eigenvalue weighted by Crippen LogP contribution is -2.40. The quantitative estimate of drug-likeness (QED) is 0.781. The molecule has 122 valence electrons. The van der Waals surface area contributed by atoms with E-state index in [0.717, 1.165) is 17.7 Å². The van der Waals surface area contributed by atoms with Gasteiger partial charge in [0.15, 0.2) is 0 Å². The van der Waals surface area contributed by atoms with Crippen LogP contribution in [0.1, 0.15) is 35.3 Å². The third-order valence-corrected chi connectivity index (χ3v) is 4.06. The fraction of sp³-hybridized carbons (Fsp3) is 0.200. The third-order valence-electron chi connectivity index (χ3n) is 4.06. The molecular formula is C20H21N3O. The molecule has 24 heavy (non-hydrogen) atoms. The highest BCUT2D eigenvalue weighted by molar-refractivity contribution is 5.94. The average Bonchev–Trinajstić information content (AvgIpc) is 3.09. The number of hydrogen-bond acceptors (Lipinski definition) is 2. The van der Waals surface area contributed by atoms with Gasteiger partial charge in [-0.15, -0.1) is 0 Å². The molecule has 0 fully saturated rings. The lowest BCUT2D eigenvalue weighted by molar-refractivity contribution is 0.0912. The normalized spacial score (nSPS) is 11.2. The van der Waals surface area contributed by atoms with Crippen molar-refractivity contribution in [2.75, 3.05) is 0 Å². The summed E-state index contributed by atoms with van der Waals surface area (Å²) in [4.78, 5) is 16.6. The van der Waals surface area contributed by atoms with Crippen LogP contribution in [0.5, 0.6) is 0 Å². The molecule has 1 aromatic heterocycles. The second kappa shape index (κ2) is 6.71. The smallest absolute Gasteiger partial charge is 0.251 e. The van der Waals surface area contributed by atoms with Crippen molar-refractivity contribution in [1.29, 1.82) is 0 Å². The maximum absolute atomic E-state index is 12.5. The van der Waals surface area contributed by atoms with Crippen LogP contribution in [0, 0.1) is 0 Å². The Morgan fingerprint density at radius 3 is 2.42 bits per heavy atom. The van der Waals surface area contributed by atoms with Crippen LogP contribution in [0.15, 0.2) is 73.3 Å². The molecule has 2 aromatic carbocycles. The van der Waals surface area contributed by atoms with Gasteiger partial charge in [-0.3, -0.25) is 4.79 Å². The molecule has 4 nitrogen and oxygen atoms in total. The highest BCUT2D eigenvalue weighted by Crippen LogP contribution is 2.20. The Morgan fingerprint density at radius 1 is 1.08 bits per heavy atom. The Labute approximate surface area is 142 Å². The predicted molar refractivity (Wildman–Crippen MR) is 94.7 cm³/mol. The number of hydrogen-bond donors (Lipinski definition) is 1. The summed E-state index contributed by atoms with van der Waals surface area (Å²) in [5, 5.41) is 3.10. The minimum absolute atomic E-state index is 0.0713. The average molecular weight is 319 g/mol. The Bertz CT molecular complexity index is 791. The Hall–Kier alpha value is -2.88. The predicted octanol–water partition coefficient (Wildman–Crippen LogP) is 3.60. The van der Waals surface area contributed by atoms with Crippen LogP contribution >= 0.6 is 0 Å². The van der Waals surface area contributed by atoms with Crippen LogP contribution < -0.4 is 5.32 Å². The first-order valence-electron chi connectivity index (χ1n) is 7.97. The molecule has 3 aromatic rings. The van der Waals surface area contributed by atoms with E-state index in [-0.39, 0.29) is 5.91 Å². The van der Waals surface area contributed by atoms with E-state index in [1.54, 1.807) is 12.5 Å². The third kappa shape index (κ3) is 3.71. The Balaban J connectivity index is 1.69. The summed E-state index contributed by atoms with van der Waals surface area (Å²) >= 11 is 0. The molecule has 0 unspecified atom stereocenters. The minimum atomic E-state index is -0.423. The van der Waals surface area contributed by atoms with Crippen molar-refractivity contribution in [2.45, 2.75) is 25.9 Å². The van der Waals surface area contributed by atoms with Gasteiger partial charge in [0.25, 0.3) is 5.91 Å². The summed E-state index contributed by atoms with van der Waals surface area (Å²) < 4.78 is 1.99. The van der Waals surface area contributed by atoms with Gasteiger partial charge in [0, 0.05) is 24.5 Å². The zero-order valence-corrected chi connectivity index (χ0v) is 13.9. The number of imidazole rings is 1. The molecule has 1 heterocycles. The monoisotopic (exact) mass is 319 g/mol. The van der Waals surface area contributed by atoms with Crippen LogP contribution in [0.2, 0.25) is 0 Å². The fourth-order valence-electron chi connectivity index (χ4n) is 2.64. The van der Waals surface area contributed by atoms with Crippen LogP contribution in [0.4, 0.5) is 0 Å². The van der Waals surface area contributed by atoms with Crippen molar-refractivity contribution in [2.24, 2.45) is 0 Å². The summed E-state index contributed by atoms with van der Waals surface area (Å²) in [5.41, 5.74) is 2.45. The molecule has 1 amide bonds. The lowest BCUT2D eigenvalue weighted by Gasteiger charge is -2.27. The van der Waals surface area contributed by atoms with Crippen molar-refractivity contribution in [3.05, 3.63) is 90.0 Å². The zero-order chi connectivity index (χ0) is 17.0. The minimum Gasteiger partial charge on any atom is -0.343 e. The Kier molecular flexibility index (Phi) is 4.47. The first kappa shape index (κ1) is 16.0. The molecule has 0 radical (unpaired) electrons. The van der Waals surface area contributed by atoms with Gasteiger partial charge in [0.2, 0.25) is 0 Å². The number of nitrogens with one attached hydrogen (secondary N) is 1. The number of carbonyl (C=O) groups is 1. The van der Waals surface area contributed by atoms with E-state index in [0.29, 0.717) is 5.56 Å². The summed E-state index contributed by atoms with van der Waals surface area (Å²) in [6.07, 6.45) is 5.46. The van der Waals surface area contributed by atoms with E-state index in [1.807, 2.05) is 79.2 Å². The molecule has 0 saturated carbocycles. The van der Waals surface area contributed by atoms with Gasteiger partial charge in [-0.25, -0.2) is 4.98 Å². The van der Waals surface area contributed by atoms with Crippen molar-refractivity contribution in [1.82, 2.24) is 14.9 Å². The number of carbonyl (C=O) groups excluding carboxylic acids is 1. The molecule has 0 atom stereocenters. The largest absolute Gasteiger partial charge is 0.343 e. The van der Waals surface area contributed by atoms with E-state index in [1.165, 1.54) is 0 Å². The molecule has 3 rings (SSSR count). The van der Waals surface area contributed by atoms with E-state index in [9.17, 15) is 4.79 Å². The van der Waals surface area contributed by atoms with Gasteiger partial charge < -0.3 is 9.88 Å². The first-order chi connectivity index (χ1) is 11.5. The number of benzene rings is 2. The van der Waals surface area contributed by atoms with E-state index in [4.69, 9.17) is 0 Å². The van der Waals surface area contributed by atoms with Crippen molar-refractivity contribution in [3.8, 4) is 0 Å². The molecule has 0 bridgehead atoms. The van der Waals surface area contributed by atoms with Gasteiger partial charge in [0.1, 0.15) is 0 Å². The van der Waals surface area contributed by atoms with E-state index >= 15 is 0 Å². The van der Waals surface area contributed by atoms with Gasteiger partial charge >= 0.3 is 0 Å². The summed E-state index contributed by atoms with van der Waals surface area (Å²) in [7, 11) is 0. The van der Waals surface area contributed by atoms with E-state index < -0.39 is 5.54 Å². The number of aromatic nitrogens is 2. The highest BCUT2D eigenvalue weighted by Gasteiger charge is 2.23. The SMILES string of the molecule is CC(C)(NC(=O)c1ccc(Cn2ccnc2)cc1)c1ccccc1. The first-order valence-corrected chi connectivity index (χ1v) is 7.97. The van der Waals surface area contributed by atoms with Crippen LogP contribution in [0.3, 0.4) is 0 Å². The number of nitrogens with zero attached hydrogens (tertiary/aromatic N) is 2. The summed E-state index contributed by atoms with van der Waals surface area (Å²) in [6, 6.07) is 17.7. The molecule has 4 heteroatoms. The molecule has 0 aliphatic carbocycles. The van der Waals surface area contributed by atoms with Gasteiger partial charge in [-0.05, 0) is 37.1 Å². The summed E-state index contributed by atoms with van der Waals surface area (Å²) in [6.45, 7) is 4.76. The molecule has 0 aliphatic rings. The zero-order valence-electron chi connectivity index (χ0n) is 13.9. The van der Waals surface area contributed by atoms with Crippen LogP contribution in [0.25, 0.3) is 0 Å². The highest BCUT2D eigenvalue weighted by atomic mass is 16.1. The second-order valence-corrected chi connectivity index (χ2v) is 6.38. The van der Waals surface area contributed by atoms with Gasteiger partial charge in [0.05, 0.1) is 11.9 Å². The topological polar surface area (TPSA) is 46.9 Å². The fourth-order valence-corrected chi connectivity index (χ4v) is 2.64. The maximum Gasteiger partial charge on any atom is 0.251 e. The van der Waals surface area contributed by atoms with Crippen molar-refractivity contribution in [3.63, 3.8) is 0 Å². The standard InChI is InChI=1S/C20H21N3O/c1-20(2,18-6-4-3-5-7-18)22-19(24)17-10-8-16(9-11-17)14-23-13-12-21-15-23/h3-13,15H,14H2,1-2H3,(H,22,24). The lowest BCUT2D eigenvalue weighted by atomic mass is 9.94. The summed E-state index contributed by atoms with van der Waals surface area (Å²) in [5.74, 6) is -0.0713. The van der Waals surface area contributed by atoms with Crippen molar-refractivity contribution >= 4 is 5.91 Å². The second-order valence-electron chi connectivity index (χ2n) is 6.38. The van der Waals surface area contributed by atoms with Crippen LogP contribution in [-0.4, -0.2) is 15.5 Å². The maximum atomic E-state index is 12.5. The molecule has 0 saturated heterocycles. The molecular weight excluding hydrogens is 298 g/mol. The van der Waals surface area contributed by atoms with Crippen molar-refractivity contribution < 1.29 is 4.79 Å². The van der Waals surface area contributed by atoms with Gasteiger partial charge in [-0.2, -0.15) is 0 Å². The molecule has 1 N–H and O–H groups in total. The van der Waals surface area contributed by atoms with Crippen LogP contribution in [-0.2, 0) is 12.1 Å². The number of amides is 1. The number of rotatable bonds is 5. The molecule has 0 spiro atoms. The molecule has 0 aliphatic heterocycles.